The standard InChI is InChI=1S/C17H33NO2/c1-12(2)15-8-5-13(3)9-16(15)20-11-17(4,10-19)18-14-6-7-14/h12-16,18-19H,5-11H2,1-4H3. The zero-order chi connectivity index (χ0) is 14.8. The summed E-state index contributed by atoms with van der Waals surface area (Å²) >= 11 is 0. The SMILES string of the molecule is CC1CCC(C(C)C)C(OCC(C)(CO)NC2CC2)C1. The van der Waals surface area contributed by atoms with Gasteiger partial charge in [-0.15, -0.1) is 0 Å². The highest BCUT2D eigenvalue weighted by molar-refractivity contribution is 4.93. The van der Waals surface area contributed by atoms with Gasteiger partial charge in [0.25, 0.3) is 0 Å². The van der Waals surface area contributed by atoms with E-state index in [1.165, 1.54) is 32.1 Å². The van der Waals surface area contributed by atoms with Crippen LogP contribution < -0.4 is 5.32 Å². The first-order chi connectivity index (χ1) is 9.43. The average molecular weight is 283 g/mol. The van der Waals surface area contributed by atoms with Gasteiger partial charge in [0, 0.05) is 6.04 Å². The van der Waals surface area contributed by atoms with Gasteiger partial charge in [0.2, 0.25) is 0 Å². The monoisotopic (exact) mass is 283 g/mol. The molecule has 2 aliphatic rings. The van der Waals surface area contributed by atoms with Crippen LogP contribution in [-0.4, -0.2) is 36.0 Å². The largest absolute Gasteiger partial charge is 0.394 e. The van der Waals surface area contributed by atoms with Gasteiger partial charge in [-0.3, -0.25) is 0 Å². The molecule has 118 valence electrons. The predicted octanol–water partition coefficient (Wildman–Crippen LogP) is 2.97. The first-order valence-electron chi connectivity index (χ1n) is 8.43. The van der Waals surface area contributed by atoms with Crippen molar-refractivity contribution < 1.29 is 9.84 Å². The van der Waals surface area contributed by atoms with Crippen molar-refractivity contribution in [2.75, 3.05) is 13.2 Å². The van der Waals surface area contributed by atoms with E-state index in [2.05, 4.69) is 33.0 Å². The maximum absolute atomic E-state index is 9.68. The Kier molecular flexibility index (Phi) is 5.49. The molecule has 0 bridgehead atoms. The van der Waals surface area contributed by atoms with E-state index in [0.29, 0.717) is 30.6 Å². The molecule has 2 fully saturated rings. The van der Waals surface area contributed by atoms with Gasteiger partial charge in [-0.1, -0.05) is 27.2 Å². The normalized spacial score (nSPS) is 34.2. The quantitative estimate of drug-likeness (QED) is 0.755. The van der Waals surface area contributed by atoms with E-state index in [-0.39, 0.29) is 12.1 Å². The summed E-state index contributed by atoms with van der Waals surface area (Å²) in [5, 5.41) is 13.2. The zero-order valence-electron chi connectivity index (χ0n) is 13.7. The molecule has 0 spiro atoms. The molecule has 2 aliphatic carbocycles. The Labute approximate surface area is 124 Å². The lowest BCUT2D eigenvalue weighted by molar-refractivity contribution is -0.0665. The van der Waals surface area contributed by atoms with Crippen LogP contribution in [0.15, 0.2) is 0 Å². The van der Waals surface area contributed by atoms with Crippen LogP contribution in [0.25, 0.3) is 0 Å². The van der Waals surface area contributed by atoms with Crippen LogP contribution in [0.1, 0.15) is 59.8 Å². The minimum absolute atomic E-state index is 0.151. The summed E-state index contributed by atoms with van der Waals surface area (Å²) in [6, 6.07) is 0.599. The third-order valence-electron chi connectivity index (χ3n) is 5.06. The number of ether oxygens (including phenoxy) is 1. The maximum Gasteiger partial charge on any atom is 0.0672 e. The maximum atomic E-state index is 9.68. The Morgan fingerprint density at radius 3 is 2.50 bits per heavy atom. The van der Waals surface area contributed by atoms with Crippen LogP contribution in [0.4, 0.5) is 0 Å². The number of hydrogen-bond acceptors (Lipinski definition) is 3. The highest BCUT2D eigenvalue weighted by Gasteiger charge is 2.36. The number of aliphatic hydroxyl groups excluding tert-OH is 1. The third-order valence-corrected chi connectivity index (χ3v) is 5.06. The fourth-order valence-corrected chi connectivity index (χ4v) is 3.45. The second-order valence-corrected chi connectivity index (χ2v) is 7.81. The van der Waals surface area contributed by atoms with Gasteiger partial charge in [0.1, 0.15) is 0 Å². The molecule has 3 heteroatoms. The topological polar surface area (TPSA) is 41.5 Å². The summed E-state index contributed by atoms with van der Waals surface area (Å²) in [4.78, 5) is 0. The van der Waals surface area contributed by atoms with Crippen molar-refractivity contribution in [1.29, 1.82) is 0 Å². The average Bonchev–Trinajstić information content (AvgIpc) is 3.20. The van der Waals surface area contributed by atoms with Crippen LogP contribution in [-0.2, 0) is 4.74 Å². The number of aliphatic hydroxyl groups is 1. The summed E-state index contributed by atoms with van der Waals surface area (Å²) in [6.07, 6.45) is 6.64. The van der Waals surface area contributed by atoms with Gasteiger partial charge in [-0.05, 0) is 50.4 Å². The zero-order valence-corrected chi connectivity index (χ0v) is 13.7. The van der Waals surface area contributed by atoms with Crippen molar-refractivity contribution in [2.45, 2.75) is 77.5 Å². The van der Waals surface area contributed by atoms with Gasteiger partial charge >= 0.3 is 0 Å². The molecular formula is C17H33NO2. The Morgan fingerprint density at radius 1 is 1.25 bits per heavy atom. The Hall–Kier alpha value is -0.120. The molecule has 0 saturated heterocycles. The molecule has 0 aliphatic heterocycles. The molecule has 4 unspecified atom stereocenters. The van der Waals surface area contributed by atoms with Crippen molar-refractivity contribution in [3.63, 3.8) is 0 Å². The van der Waals surface area contributed by atoms with E-state index in [1.807, 2.05) is 0 Å². The Morgan fingerprint density at radius 2 is 1.95 bits per heavy atom. The lowest BCUT2D eigenvalue weighted by Crippen LogP contribution is -2.52. The van der Waals surface area contributed by atoms with Crippen molar-refractivity contribution in [3.05, 3.63) is 0 Å². The molecule has 0 amide bonds. The first-order valence-corrected chi connectivity index (χ1v) is 8.43. The molecule has 0 aromatic heterocycles. The molecule has 4 atom stereocenters. The third kappa shape index (κ3) is 4.44. The molecular weight excluding hydrogens is 250 g/mol. The van der Waals surface area contributed by atoms with Gasteiger partial charge in [-0.25, -0.2) is 0 Å². The fraction of sp³-hybridized carbons (Fsp3) is 1.00. The highest BCUT2D eigenvalue weighted by atomic mass is 16.5. The number of rotatable bonds is 7. The molecule has 0 heterocycles. The molecule has 0 radical (unpaired) electrons. The number of hydrogen-bond donors (Lipinski definition) is 2. The van der Waals surface area contributed by atoms with E-state index in [1.54, 1.807) is 0 Å². The van der Waals surface area contributed by atoms with Crippen molar-refractivity contribution in [1.82, 2.24) is 5.32 Å². The Balaban J connectivity index is 1.88. The molecule has 3 nitrogen and oxygen atoms in total. The van der Waals surface area contributed by atoms with Crippen LogP contribution in [0.3, 0.4) is 0 Å². The minimum atomic E-state index is -0.274. The van der Waals surface area contributed by atoms with Crippen LogP contribution in [0, 0.1) is 17.8 Å². The fourth-order valence-electron chi connectivity index (χ4n) is 3.45. The van der Waals surface area contributed by atoms with Gasteiger partial charge in [0.05, 0.1) is 24.9 Å². The lowest BCUT2D eigenvalue weighted by Gasteiger charge is -2.39. The summed E-state index contributed by atoms with van der Waals surface area (Å²) in [5.41, 5.74) is -0.274. The second-order valence-electron chi connectivity index (χ2n) is 7.81. The molecule has 2 rings (SSSR count). The molecule has 20 heavy (non-hydrogen) atoms. The summed E-state index contributed by atoms with van der Waals surface area (Å²) in [6.45, 7) is 9.82. The minimum Gasteiger partial charge on any atom is -0.394 e. The van der Waals surface area contributed by atoms with Crippen molar-refractivity contribution in [2.24, 2.45) is 17.8 Å². The molecule has 0 aromatic carbocycles. The predicted molar refractivity (Wildman–Crippen MR) is 82.7 cm³/mol. The van der Waals surface area contributed by atoms with E-state index < -0.39 is 0 Å². The smallest absolute Gasteiger partial charge is 0.0672 e. The Bertz CT molecular complexity index is 303. The van der Waals surface area contributed by atoms with Crippen LogP contribution >= 0.6 is 0 Å². The van der Waals surface area contributed by atoms with Gasteiger partial charge in [-0.2, -0.15) is 0 Å². The first kappa shape index (κ1) is 16.3. The van der Waals surface area contributed by atoms with Crippen molar-refractivity contribution >= 4 is 0 Å². The van der Waals surface area contributed by atoms with E-state index >= 15 is 0 Å². The van der Waals surface area contributed by atoms with E-state index in [4.69, 9.17) is 4.74 Å². The van der Waals surface area contributed by atoms with E-state index in [9.17, 15) is 5.11 Å². The summed E-state index contributed by atoms with van der Waals surface area (Å²) in [5.74, 6) is 2.13. The lowest BCUT2D eigenvalue weighted by atomic mass is 9.75. The van der Waals surface area contributed by atoms with Crippen LogP contribution in [0.2, 0.25) is 0 Å². The summed E-state index contributed by atoms with van der Waals surface area (Å²) < 4.78 is 6.29. The molecule has 2 saturated carbocycles. The molecule has 0 aromatic rings. The second kappa shape index (κ2) is 6.76. The van der Waals surface area contributed by atoms with Crippen molar-refractivity contribution in [3.8, 4) is 0 Å². The van der Waals surface area contributed by atoms with Gasteiger partial charge < -0.3 is 15.2 Å². The van der Waals surface area contributed by atoms with Gasteiger partial charge in [0.15, 0.2) is 0 Å². The van der Waals surface area contributed by atoms with E-state index in [0.717, 1.165) is 5.92 Å². The molecule has 2 N–H and O–H groups in total. The van der Waals surface area contributed by atoms with Crippen LogP contribution in [0.5, 0.6) is 0 Å². The highest BCUT2D eigenvalue weighted by Crippen LogP contribution is 2.35. The number of nitrogens with one attached hydrogen (secondary N) is 1. The summed E-state index contributed by atoms with van der Waals surface area (Å²) in [7, 11) is 0.